The van der Waals surface area contributed by atoms with Crippen LogP contribution in [0.4, 0.5) is 0 Å². The second kappa shape index (κ2) is 5.21. The Morgan fingerprint density at radius 2 is 2.06 bits per heavy atom. The van der Waals surface area contributed by atoms with Crippen molar-refractivity contribution in [1.82, 2.24) is 9.80 Å². The Balaban J connectivity index is 2.09. The van der Waals surface area contributed by atoms with Crippen molar-refractivity contribution in [3.63, 3.8) is 0 Å². The maximum atomic E-state index is 12.1. The Kier molecular flexibility index (Phi) is 3.87. The van der Waals surface area contributed by atoms with Crippen molar-refractivity contribution in [3.8, 4) is 0 Å². The summed E-state index contributed by atoms with van der Waals surface area (Å²) in [5.74, 6) is 0.695. The molecule has 1 aliphatic heterocycles. The predicted octanol–water partition coefficient (Wildman–Crippen LogP) is 1.89. The van der Waals surface area contributed by atoms with Crippen molar-refractivity contribution in [3.05, 3.63) is 12.7 Å². The predicted molar refractivity (Wildman–Crippen MR) is 69.7 cm³/mol. The first-order valence-corrected chi connectivity index (χ1v) is 6.72. The van der Waals surface area contributed by atoms with Gasteiger partial charge in [0, 0.05) is 31.0 Å². The van der Waals surface area contributed by atoms with Crippen LogP contribution in [0.25, 0.3) is 0 Å². The molecule has 96 valence electrons. The molecule has 3 nitrogen and oxygen atoms in total. The number of hydrogen-bond donors (Lipinski definition) is 0. The van der Waals surface area contributed by atoms with Crippen LogP contribution in [0.1, 0.15) is 32.1 Å². The number of likely N-dealkylation sites (tertiary alicyclic amines) is 1. The number of amides is 1. The van der Waals surface area contributed by atoms with Gasteiger partial charge in [-0.2, -0.15) is 0 Å². The van der Waals surface area contributed by atoms with Crippen molar-refractivity contribution in [1.29, 1.82) is 0 Å². The van der Waals surface area contributed by atoms with Crippen LogP contribution in [-0.4, -0.2) is 48.4 Å². The highest BCUT2D eigenvalue weighted by Crippen LogP contribution is 2.30. The van der Waals surface area contributed by atoms with E-state index in [0.717, 1.165) is 6.54 Å². The minimum absolute atomic E-state index is 0.327. The van der Waals surface area contributed by atoms with E-state index in [4.69, 9.17) is 0 Å². The lowest BCUT2D eigenvalue weighted by Gasteiger charge is -2.41. The Bertz CT molecular complexity index is 301. The Morgan fingerprint density at radius 1 is 1.35 bits per heavy atom. The van der Waals surface area contributed by atoms with E-state index in [0.29, 0.717) is 30.3 Å². The fourth-order valence-corrected chi connectivity index (χ4v) is 3.30. The minimum Gasteiger partial charge on any atom is -0.338 e. The quantitative estimate of drug-likeness (QED) is 0.699. The van der Waals surface area contributed by atoms with Crippen LogP contribution in [0.15, 0.2) is 12.7 Å². The van der Waals surface area contributed by atoms with Gasteiger partial charge >= 0.3 is 0 Å². The highest BCUT2D eigenvalue weighted by atomic mass is 16.2. The maximum absolute atomic E-state index is 12.1. The monoisotopic (exact) mass is 236 g/mol. The van der Waals surface area contributed by atoms with Gasteiger partial charge in [0.25, 0.3) is 0 Å². The van der Waals surface area contributed by atoms with Gasteiger partial charge in [0.1, 0.15) is 0 Å². The molecule has 2 fully saturated rings. The zero-order valence-electron chi connectivity index (χ0n) is 11.1. The topological polar surface area (TPSA) is 23.6 Å². The SMILES string of the molecule is C=CC1CC(=O)N([C@H]2CCCC[C@@H]2N(C)C)C1. The first-order valence-electron chi connectivity index (χ1n) is 6.72. The fourth-order valence-electron chi connectivity index (χ4n) is 3.30. The molecule has 0 radical (unpaired) electrons. The molecule has 3 atom stereocenters. The van der Waals surface area contributed by atoms with Gasteiger partial charge in [-0.15, -0.1) is 6.58 Å². The van der Waals surface area contributed by atoms with E-state index in [1.807, 2.05) is 6.08 Å². The van der Waals surface area contributed by atoms with Crippen molar-refractivity contribution in [2.45, 2.75) is 44.2 Å². The normalized spacial score (nSPS) is 34.4. The lowest BCUT2D eigenvalue weighted by Crippen LogP contribution is -2.51. The molecule has 1 saturated heterocycles. The summed E-state index contributed by atoms with van der Waals surface area (Å²) in [4.78, 5) is 16.5. The Labute approximate surface area is 104 Å². The first-order chi connectivity index (χ1) is 8.13. The molecule has 1 amide bonds. The van der Waals surface area contributed by atoms with E-state index in [1.54, 1.807) is 0 Å². The smallest absolute Gasteiger partial charge is 0.223 e. The average molecular weight is 236 g/mol. The number of carbonyl (C=O) groups excluding carboxylic acids is 1. The van der Waals surface area contributed by atoms with Crippen LogP contribution in [0, 0.1) is 5.92 Å². The summed E-state index contributed by atoms with van der Waals surface area (Å²) in [5, 5.41) is 0. The highest BCUT2D eigenvalue weighted by molar-refractivity contribution is 5.79. The number of hydrogen-bond acceptors (Lipinski definition) is 2. The zero-order chi connectivity index (χ0) is 12.4. The molecular weight excluding hydrogens is 212 g/mol. The van der Waals surface area contributed by atoms with E-state index in [2.05, 4.69) is 30.5 Å². The van der Waals surface area contributed by atoms with Crippen LogP contribution in [0.2, 0.25) is 0 Å². The average Bonchev–Trinajstić information content (AvgIpc) is 2.70. The van der Waals surface area contributed by atoms with Crippen LogP contribution in [-0.2, 0) is 4.79 Å². The van der Waals surface area contributed by atoms with Crippen molar-refractivity contribution in [2.75, 3.05) is 20.6 Å². The third kappa shape index (κ3) is 2.54. The van der Waals surface area contributed by atoms with Gasteiger partial charge in [-0.1, -0.05) is 18.9 Å². The summed E-state index contributed by atoms with van der Waals surface area (Å²) in [6.45, 7) is 4.71. The molecule has 0 spiro atoms. The van der Waals surface area contributed by atoms with E-state index >= 15 is 0 Å². The minimum atomic E-state index is 0.327. The first kappa shape index (κ1) is 12.6. The zero-order valence-corrected chi connectivity index (χ0v) is 11.1. The molecule has 1 heterocycles. The van der Waals surface area contributed by atoms with Gasteiger partial charge in [-0.25, -0.2) is 0 Å². The number of nitrogens with zero attached hydrogens (tertiary/aromatic N) is 2. The van der Waals surface area contributed by atoms with Crippen molar-refractivity contribution < 1.29 is 4.79 Å². The molecule has 0 aromatic heterocycles. The number of carbonyl (C=O) groups is 1. The summed E-state index contributed by atoms with van der Waals surface area (Å²) in [7, 11) is 4.27. The van der Waals surface area contributed by atoms with Crippen LogP contribution < -0.4 is 0 Å². The van der Waals surface area contributed by atoms with Crippen molar-refractivity contribution >= 4 is 5.91 Å². The summed E-state index contributed by atoms with van der Waals surface area (Å²) in [6.07, 6.45) is 7.55. The fraction of sp³-hybridized carbons (Fsp3) is 0.786. The molecule has 0 aromatic carbocycles. The second-order valence-corrected chi connectivity index (χ2v) is 5.63. The molecule has 3 heteroatoms. The third-order valence-electron chi connectivity index (χ3n) is 4.28. The number of likely N-dealkylation sites (N-methyl/N-ethyl adjacent to an activating group) is 1. The summed E-state index contributed by atoms with van der Waals surface area (Å²) in [6, 6.07) is 0.965. The Morgan fingerprint density at radius 3 is 2.65 bits per heavy atom. The van der Waals surface area contributed by atoms with Crippen molar-refractivity contribution in [2.24, 2.45) is 5.92 Å². The maximum Gasteiger partial charge on any atom is 0.223 e. The molecule has 1 unspecified atom stereocenters. The molecular formula is C14H24N2O. The summed E-state index contributed by atoms with van der Waals surface area (Å²) >= 11 is 0. The van der Waals surface area contributed by atoms with Gasteiger partial charge in [-0.05, 0) is 26.9 Å². The van der Waals surface area contributed by atoms with Crippen LogP contribution in [0.3, 0.4) is 0 Å². The van der Waals surface area contributed by atoms with E-state index in [9.17, 15) is 4.79 Å². The van der Waals surface area contributed by atoms with E-state index in [1.165, 1.54) is 25.7 Å². The van der Waals surface area contributed by atoms with Gasteiger partial charge in [-0.3, -0.25) is 4.79 Å². The Hall–Kier alpha value is -0.830. The van der Waals surface area contributed by atoms with Gasteiger partial charge < -0.3 is 9.80 Å². The lowest BCUT2D eigenvalue weighted by atomic mass is 9.88. The molecule has 0 N–H and O–H groups in total. The van der Waals surface area contributed by atoms with E-state index in [-0.39, 0.29) is 0 Å². The standard InChI is InChI=1S/C14H24N2O/c1-4-11-9-14(17)16(10-11)13-8-6-5-7-12(13)15(2)3/h4,11-13H,1,5-10H2,2-3H3/t11?,12-,13-/m0/s1. The van der Waals surface area contributed by atoms with Crippen LogP contribution in [0.5, 0.6) is 0 Å². The third-order valence-corrected chi connectivity index (χ3v) is 4.28. The second-order valence-electron chi connectivity index (χ2n) is 5.63. The van der Waals surface area contributed by atoms with E-state index < -0.39 is 0 Å². The molecule has 0 aromatic rings. The molecule has 17 heavy (non-hydrogen) atoms. The van der Waals surface area contributed by atoms with Gasteiger partial charge in [0.05, 0.1) is 0 Å². The number of rotatable bonds is 3. The lowest BCUT2D eigenvalue weighted by molar-refractivity contribution is -0.131. The summed E-state index contributed by atoms with van der Waals surface area (Å²) in [5.41, 5.74) is 0. The largest absolute Gasteiger partial charge is 0.338 e. The van der Waals surface area contributed by atoms with Gasteiger partial charge in [0.15, 0.2) is 0 Å². The van der Waals surface area contributed by atoms with Gasteiger partial charge in [0.2, 0.25) is 5.91 Å². The molecule has 2 rings (SSSR count). The van der Waals surface area contributed by atoms with Crippen LogP contribution >= 0.6 is 0 Å². The molecule has 1 aliphatic carbocycles. The summed E-state index contributed by atoms with van der Waals surface area (Å²) < 4.78 is 0. The molecule has 2 aliphatic rings. The molecule has 0 bridgehead atoms. The highest BCUT2D eigenvalue weighted by Gasteiger charge is 2.38. The molecule has 1 saturated carbocycles.